The normalized spacial score (nSPS) is 15.9. The summed E-state index contributed by atoms with van der Waals surface area (Å²) >= 11 is 0. The van der Waals surface area contributed by atoms with Crippen LogP contribution in [0.15, 0.2) is 54.1 Å². The summed E-state index contributed by atoms with van der Waals surface area (Å²) in [7, 11) is 0. The van der Waals surface area contributed by atoms with E-state index in [1.54, 1.807) is 6.08 Å². The number of allylic oxidation sites excluding steroid dienone is 2. The van der Waals surface area contributed by atoms with E-state index in [0.717, 1.165) is 16.7 Å². The zero-order valence-electron chi connectivity index (χ0n) is 10.7. The summed E-state index contributed by atoms with van der Waals surface area (Å²) < 4.78 is 5.15. The fourth-order valence-corrected chi connectivity index (χ4v) is 2.04. The van der Waals surface area contributed by atoms with E-state index < -0.39 is 0 Å². The minimum Gasteiger partial charge on any atom is -0.457 e. The molecule has 1 aliphatic rings. The largest absolute Gasteiger partial charge is 0.457 e. The number of benzene rings is 1. The van der Waals surface area contributed by atoms with Crippen LogP contribution in [0.4, 0.5) is 0 Å². The number of ether oxygens (including phenoxy) is 1. The molecule has 0 saturated heterocycles. The maximum atomic E-state index is 11.8. The first-order chi connectivity index (χ1) is 8.67. The van der Waals surface area contributed by atoms with Gasteiger partial charge < -0.3 is 4.74 Å². The van der Waals surface area contributed by atoms with Crippen LogP contribution in [0.1, 0.15) is 18.1 Å². The molecule has 1 aromatic carbocycles. The van der Waals surface area contributed by atoms with Gasteiger partial charge in [0.15, 0.2) is 0 Å². The second-order valence-electron chi connectivity index (χ2n) is 4.24. The molecule has 0 fully saturated rings. The lowest BCUT2D eigenvalue weighted by Crippen LogP contribution is -2.00. The summed E-state index contributed by atoms with van der Waals surface area (Å²) in [6.07, 6.45) is 3.57. The highest BCUT2D eigenvalue weighted by Gasteiger charge is 2.27. The van der Waals surface area contributed by atoms with E-state index in [2.05, 4.69) is 6.58 Å². The van der Waals surface area contributed by atoms with Gasteiger partial charge in [0, 0.05) is 5.57 Å². The van der Waals surface area contributed by atoms with Crippen molar-refractivity contribution in [1.29, 1.82) is 0 Å². The van der Waals surface area contributed by atoms with E-state index in [1.807, 2.05) is 44.2 Å². The van der Waals surface area contributed by atoms with Gasteiger partial charge in [0.05, 0.1) is 5.57 Å². The van der Waals surface area contributed by atoms with Crippen molar-refractivity contribution in [3.8, 4) is 0 Å². The van der Waals surface area contributed by atoms with E-state index in [0.29, 0.717) is 12.2 Å². The molecule has 2 heteroatoms. The Balaban J connectivity index is 2.55. The van der Waals surface area contributed by atoms with Gasteiger partial charge >= 0.3 is 5.97 Å². The first-order valence-corrected chi connectivity index (χ1v) is 5.93. The fourth-order valence-electron chi connectivity index (χ4n) is 2.04. The molecule has 0 aliphatic carbocycles. The van der Waals surface area contributed by atoms with E-state index >= 15 is 0 Å². The van der Waals surface area contributed by atoms with Crippen LogP contribution in [-0.4, -0.2) is 12.6 Å². The van der Waals surface area contributed by atoms with Gasteiger partial charge in [-0.1, -0.05) is 48.6 Å². The van der Waals surface area contributed by atoms with Crippen molar-refractivity contribution in [3.05, 3.63) is 65.3 Å². The Kier molecular flexibility index (Phi) is 3.47. The van der Waals surface area contributed by atoms with Crippen LogP contribution in [0.5, 0.6) is 0 Å². The Labute approximate surface area is 107 Å². The number of hydrogen-bond acceptors (Lipinski definition) is 2. The lowest BCUT2D eigenvalue weighted by molar-refractivity contribution is -0.135. The third-order valence-corrected chi connectivity index (χ3v) is 3.07. The molecule has 0 atom stereocenters. The molecular weight excluding hydrogens is 224 g/mol. The molecule has 0 saturated carbocycles. The Morgan fingerprint density at radius 1 is 1.33 bits per heavy atom. The Hall–Kier alpha value is -2.09. The topological polar surface area (TPSA) is 26.3 Å². The zero-order valence-corrected chi connectivity index (χ0v) is 10.7. The summed E-state index contributed by atoms with van der Waals surface area (Å²) in [6.45, 7) is 8.01. The molecule has 0 unspecified atom stereocenters. The molecule has 0 radical (unpaired) electrons. The van der Waals surface area contributed by atoms with E-state index in [4.69, 9.17) is 4.74 Å². The second-order valence-corrected chi connectivity index (χ2v) is 4.24. The van der Waals surface area contributed by atoms with Gasteiger partial charge in [0.1, 0.15) is 6.61 Å². The minimum absolute atomic E-state index is 0.265. The maximum Gasteiger partial charge on any atom is 0.339 e. The van der Waals surface area contributed by atoms with E-state index in [9.17, 15) is 4.79 Å². The predicted molar refractivity (Wildman–Crippen MR) is 73.0 cm³/mol. The molecule has 1 aromatic rings. The summed E-state index contributed by atoms with van der Waals surface area (Å²) in [5.41, 5.74) is 4.63. The molecule has 1 heterocycles. The minimum atomic E-state index is -0.265. The molecule has 0 spiro atoms. The lowest BCUT2D eigenvalue weighted by atomic mass is 9.96. The predicted octanol–water partition coefficient (Wildman–Crippen LogP) is 3.44. The molecule has 0 amide bonds. The van der Waals surface area contributed by atoms with Crippen LogP contribution in [0, 0.1) is 6.92 Å². The third kappa shape index (κ3) is 2.14. The molecule has 1 aliphatic heterocycles. The van der Waals surface area contributed by atoms with E-state index in [-0.39, 0.29) is 5.97 Å². The van der Waals surface area contributed by atoms with Crippen LogP contribution >= 0.6 is 0 Å². The van der Waals surface area contributed by atoms with Gasteiger partial charge in [0.25, 0.3) is 0 Å². The number of aryl methyl sites for hydroxylation is 1. The molecule has 0 bridgehead atoms. The summed E-state index contributed by atoms with van der Waals surface area (Å²) in [4.78, 5) is 11.8. The Morgan fingerprint density at radius 3 is 2.56 bits per heavy atom. The highest BCUT2D eigenvalue weighted by atomic mass is 16.5. The molecule has 18 heavy (non-hydrogen) atoms. The first kappa shape index (κ1) is 12.4. The summed E-state index contributed by atoms with van der Waals surface area (Å²) in [6, 6.07) is 8.10. The SMILES string of the molecule is C=C/C(=C\C)C1=C(c2ccc(C)cc2)COC1=O. The van der Waals surface area contributed by atoms with Crippen LogP contribution in [0.3, 0.4) is 0 Å². The number of hydrogen-bond donors (Lipinski definition) is 0. The average Bonchev–Trinajstić information content (AvgIpc) is 2.75. The second kappa shape index (κ2) is 5.05. The van der Waals surface area contributed by atoms with Crippen molar-refractivity contribution < 1.29 is 9.53 Å². The Bertz CT molecular complexity index is 545. The van der Waals surface area contributed by atoms with Gasteiger partial charge in [-0.25, -0.2) is 4.79 Å². The number of carbonyl (C=O) groups excluding carboxylic acids is 1. The van der Waals surface area contributed by atoms with Crippen molar-refractivity contribution in [2.75, 3.05) is 6.61 Å². The summed E-state index contributed by atoms with van der Waals surface area (Å²) in [5.74, 6) is -0.265. The summed E-state index contributed by atoms with van der Waals surface area (Å²) in [5, 5.41) is 0. The van der Waals surface area contributed by atoms with Gasteiger partial charge in [-0.3, -0.25) is 0 Å². The number of cyclic esters (lactones) is 1. The van der Waals surface area contributed by atoms with Gasteiger partial charge in [-0.15, -0.1) is 0 Å². The molecule has 0 N–H and O–H groups in total. The Morgan fingerprint density at radius 2 is 2.00 bits per heavy atom. The van der Waals surface area contributed by atoms with Crippen LogP contribution in [-0.2, 0) is 9.53 Å². The van der Waals surface area contributed by atoms with Gasteiger partial charge in [-0.05, 0) is 25.0 Å². The number of esters is 1. The van der Waals surface area contributed by atoms with Gasteiger partial charge in [-0.2, -0.15) is 0 Å². The van der Waals surface area contributed by atoms with Gasteiger partial charge in [0.2, 0.25) is 0 Å². The van der Waals surface area contributed by atoms with Crippen molar-refractivity contribution in [2.45, 2.75) is 13.8 Å². The fraction of sp³-hybridized carbons (Fsp3) is 0.188. The quantitative estimate of drug-likeness (QED) is 0.597. The molecule has 0 aromatic heterocycles. The van der Waals surface area contributed by atoms with Crippen LogP contribution < -0.4 is 0 Å². The first-order valence-electron chi connectivity index (χ1n) is 5.93. The average molecular weight is 240 g/mol. The molecular formula is C16H16O2. The molecule has 92 valence electrons. The standard InChI is InChI=1S/C16H16O2/c1-4-12(5-2)15-14(10-18-16(15)17)13-8-6-11(3)7-9-13/h4-9H,1,10H2,2-3H3/b12-5+. The third-order valence-electron chi connectivity index (χ3n) is 3.07. The van der Waals surface area contributed by atoms with E-state index in [1.165, 1.54) is 5.56 Å². The van der Waals surface area contributed by atoms with Crippen LogP contribution in [0.2, 0.25) is 0 Å². The van der Waals surface area contributed by atoms with Crippen molar-refractivity contribution in [1.82, 2.24) is 0 Å². The number of rotatable bonds is 3. The lowest BCUT2D eigenvalue weighted by Gasteiger charge is -2.05. The van der Waals surface area contributed by atoms with Crippen molar-refractivity contribution in [3.63, 3.8) is 0 Å². The van der Waals surface area contributed by atoms with Crippen molar-refractivity contribution in [2.24, 2.45) is 0 Å². The maximum absolute atomic E-state index is 11.8. The molecule has 2 rings (SSSR count). The van der Waals surface area contributed by atoms with Crippen LogP contribution in [0.25, 0.3) is 5.57 Å². The highest BCUT2D eigenvalue weighted by molar-refractivity contribution is 6.06. The smallest absolute Gasteiger partial charge is 0.339 e. The highest BCUT2D eigenvalue weighted by Crippen LogP contribution is 2.31. The zero-order chi connectivity index (χ0) is 13.1. The van der Waals surface area contributed by atoms with Crippen molar-refractivity contribution >= 4 is 11.5 Å². The number of carbonyl (C=O) groups is 1. The monoisotopic (exact) mass is 240 g/mol. The molecule has 2 nitrogen and oxygen atoms in total.